The third-order valence-corrected chi connectivity index (χ3v) is 2.71. The lowest BCUT2D eigenvalue weighted by Gasteiger charge is -2.24. The van der Waals surface area contributed by atoms with Gasteiger partial charge in [-0.3, -0.25) is 0 Å². The van der Waals surface area contributed by atoms with Crippen LogP contribution in [0.2, 0.25) is 5.02 Å². The predicted molar refractivity (Wildman–Crippen MR) is 77.1 cm³/mol. The first-order chi connectivity index (χ1) is 9.02. The van der Waals surface area contributed by atoms with Gasteiger partial charge in [0.25, 0.3) is 0 Å². The lowest BCUT2D eigenvalue weighted by Crippen LogP contribution is -2.38. The van der Waals surface area contributed by atoms with E-state index in [9.17, 15) is 4.79 Å². The number of rotatable bonds is 5. The normalized spacial score (nSPS) is 10.1. The average Bonchev–Trinajstić information content (AvgIpc) is 2.36. The monoisotopic (exact) mass is 279 g/mol. The number of hydrogen-bond donors (Lipinski definition) is 1. The number of nitriles is 1. The van der Waals surface area contributed by atoms with Crippen molar-refractivity contribution in [1.29, 1.82) is 5.26 Å². The highest BCUT2D eigenvalue weighted by atomic mass is 35.5. The van der Waals surface area contributed by atoms with Gasteiger partial charge in [-0.25, -0.2) is 4.79 Å². The Bertz CT molecular complexity index is 451. The first-order valence-corrected chi connectivity index (χ1v) is 6.59. The van der Waals surface area contributed by atoms with Gasteiger partial charge in [0.15, 0.2) is 0 Å². The van der Waals surface area contributed by atoms with Gasteiger partial charge in [-0.2, -0.15) is 5.26 Å². The molecule has 0 aliphatic carbocycles. The van der Waals surface area contributed by atoms with Gasteiger partial charge in [0.1, 0.15) is 0 Å². The Morgan fingerprint density at radius 3 is 2.58 bits per heavy atom. The number of nitrogens with zero attached hydrogens (tertiary/aromatic N) is 2. The fourth-order valence-corrected chi connectivity index (χ4v) is 1.76. The molecule has 1 N–H and O–H groups in total. The summed E-state index contributed by atoms with van der Waals surface area (Å²) in [6.45, 7) is 5.14. The minimum absolute atomic E-state index is 0.189. The van der Waals surface area contributed by atoms with E-state index >= 15 is 0 Å². The van der Waals surface area contributed by atoms with E-state index in [2.05, 4.69) is 11.4 Å². The zero-order chi connectivity index (χ0) is 14.3. The van der Waals surface area contributed by atoms with Gasteiger partial charge in [-0.15, -0.1) is 0 Å². The number of benzene rings is 1. The number of amides is 2. The molecule has 0 fully saturated rings. The van der Waals surface area contributed by atoms with Crippen LogP contribution in [-0.4, -0.2) is 24.0 Å². The van der Waals surface area contributed by atoms with E-state index in [1.165, 1.54) is 0 Å². The Kier molecular flexibility index (Phi) is 6.17. The summed E-state index contributed by atoms with van der Waals surface area (Å²) >= 11 is 5.79. The van der Waals surface area contributed by atoms with Gasteiger partial charge in [-0.05, 0) is 30.2 Å². The molecule has 102 valence electrons. The molecule has 0 aliphatic rings. The molecular weight excluding hydrogens is 262 g/mol. The first kappa shape index (κ1) is 15.3. The topological polar surface area (TPSA) is 56.1 Å². The van der Waals surface area contributed by atoms with E-state index in [0.29, 0.717) is 36.1 Å². The molecule has 0 radical (unpaired) electrons. The highest BCUT2D eigenvalue weighted by Crippen LogP contribution is 2.14. The molecule has 0 saturated carbocycles. The molecule has 0 unspecified atom stereocenters. The third kappa shape index (κ3) is 5.62. The zero-order valence-electron chi connectivity index (χ0n) is 11.2. The zero-order valence-corrected chi connectivity index (χ0v) is 11.9. The molecule has 0 spiro atoms. The van der Waals surface area contributed by atoms with Crippen LogP contribution in [0.3, 0.4) is 0 Å². The molecule has 19 heavy (non-hydrogen) atoms. The smallest absolute Gasteiger partial charge is 0.321 e. The van der Waals surface area contributed by atoms with Crippen molar-refractivity contribution in [3.8, 4) is 6.07 Å². The Labute approximate surface area is 119 Å². The van der Waals surface area contributed by atoms with Crippen LogP contribution in [0.1, 0.15) is 20.3 Å². The van der Waals surface area contributed by atoms with Crippen LogP contribution < -0.4 is 5.32 Å². The number of anilines is 1. The van der Waals surface area contributed by atoms with Crippen LogP contribution in [0.25, 0.3) is 0 Å². The van der Waals surface area contributed by atoms with E-state index in [0.717, 1.165) is 0 Å². The summed E-state index contributed by atoms with van der Waals surface area (Å²) < 4.78 is 0. The van der Waals surface area contributed by atoms with Crippen molar-refractivity contribution in [2.45, 2.75) is 20.3 Å². The molecule has 1 rings (SSSR count). The Balaban J connectivity index is 2.65. The molecule has 1 aromatic rings. The number of nitrogens with one attached hydrogen (secondary N) is 1. The van der Waals surface area contributed by atoms with Crippen molar-refractivity contribution in [3.05, 3.63) is 29.3 Å². The average molecular weight is 280 g/mol. The van der Waals surface area contributed by atoms with Crippen molar-refractivity contribution < 1.29 is 4.79 Å². The highest BCUT2D eigenvalue weighted by molar-refractivity contribution is 6.30. The van der Waals surface area contributed by atoms with Crippen LogP contribution in [0.5, 0.6) is 0 Å². The standard InChI is InChI=1S/C14H18ClN3O/c1-11(2)10-18(9-3-8-16)14(19)17-13-6-4-12(15)5-7-13/h4-7,11H,3,9-10H2,1-2H3,(H,17,19). The van der Waals surface area contributed by atoms with Gasteiger partial charge < -0.3 is 10.2 Å². The molecule has 2 amide bonds. The number of halogens is 1. The quantitative estimate of drug-likeness (QED) is 0.892. The summed E-state index contributed by atoms with van der Waals surface area (Å²) in [4.78, 5) is 13.8. The second-order valence-electron chi connectivity index (χ2n) is 4.69. The van der Waals surface area contributed by atoms with Gasteiger partial charge in [0.05, 0.1) is 12.5 Å². The molecule has 0 atom stereocenters. The van der Waals surface area contributed by atoms with Gasteiger partial charge in [0, 0.05) is 23.8 Å². The maximum absolute atomic E-state index is 12.1. The summed E-state index contributed by atoms with van der Waals surface area (Å²) in [5, 5.41) is 12.1. The number of carbonyl (C=O) groups excluding carboxylic acids is 1. The number of hydrogen-bond acceptors (Lipinski definition) is 2. The van der Waals surface area contributed by atoms with Crippen molar-refractivity contribution in [3.63, 3.8) is 0 Å². The Morgan fingerprint density at radius 1 is 1.42 bits per heavy atom. The van der Waals surface area contributed by atoms with Gasteiger partial charge >= 0.3 is 6.03 Å². The summed E-state index contributed by atoms with van der Waals surface area (Å²) in [5.41, 5.74) is 0.695. The molecular formula is C14H18ClN3O. The van der Waals surface area contributed by atoms with Gasteiger partial charge in [-0.1, -0.05) is 25.4 Å². The Hall–Kier alpha value is -1.73. The Morgan fingerprint density at radius 2 is 2.05 bits per heavy atom. The number of carbonyl (C=O) groups is 1. The van der Waals surface area contributed by atoms with Crippen LogP contribution >= 0.6 is 11.6 Å². The second-order valence-corrected chi connectivity index (χ2v) is 5.12. The van der Waals surface area contributed by atoms with E-state index in [1.807, 2.05) is 13.8 Å². The molecule has 0 aliphatic heterocycles. The summed E-state index contributed by atoms with van der Waals surface area (Å²) in [5.74, 6) is 0.356. The summed E-state index contributed by atoms with van der Waals surface area (Å²) in [7, 11) is 0. The number of urea groups is 1. The fourth-order valence-electron chi connectivity index (χ4n) is 1.64. The van der Waals surface area contributed by atoms with Crippen molar-refractivity contribution in [2.24, 2.45) is 5.92 Å². The molecule has 0 heterocycles. The maximum Gasteiger partial charge on any atom is 0.321 e. The van der Waals surface area contributed by atoms with E-state index < -0.39 is 0 Å². The van der Waals surface area contributed by atoms with Crippen molar-refractivity contribution in [2.75, 3.05) is 18.4 Å². The summed E-state index contributed by atoms with van der Waals surface area (Å²) in [6, 6.07) is 8.81. The van der Waals surface area contributed by atoms with E-state index in [4.69, 9.17) is 16.9 Å². The summed E-state index contributed by atoms with van der Waals surface area (Å²) in [6.07, 6.45) is 0.334. The predicted octanol–water partition coefficient (Wildman–Crippen LogP) is 3.74. The second kappa shape index (κ2) is 7.65. The van der Waals surface area contributed by atoms with Crippen LogP contribution in [0.15, 0.2) is 24.3 Å². The molecule has 0 aromatic heterocycles. The van der Waals surface area contributed by atoms with Crippen LogP contribution in [-0.2, 0) is 0 Å². The minimum atomic E-state index is -0.189. The fraction of sp³-hybridized carbons (Fsp3) is 0.429. The van der Waals surface area contributed by atoms with Crippen LogP contribution in [0, 0.1) is 17.2 Å². The maximum atomic E-state index is 12.1. The molecule has 5 heteroatoms. The highest BCUT2D eigenvalue weighted by Gasteiger charge is 2.14. The molecule has 0 bridgehead atoms. The lowest BCUT2D eigenvalue weighted by atomic mass is 10.2. The molecule has 4 nitrogen and oxygen atoms in total. The molecule has 1 aromatic carbocycles. The lowest BCUT2D eigenvalue weighted by molar-refractivity contribution is 0.206. The SMILES string of the molecule is CC(C)CN(CCC#N)C(=O)Nc1ccc(Cl)cc1. The first-order valence-electron chi connectivity index (χ1n) is 6.21. The van der Waals surface area contributed by atoms with E-state index in [-0.39, 0.29) is 6.03 Å². The molecule has 0 saturated heterocycles. The minimum Gasteiger partial charge on any atom is -0.323 e. The third-order valence-electron chi connectivity index (χ3n) is 2.46. The van der Waals surface area contributed by atoms with Crippen molar-refractivity contribution >= 4 is 23.3 Å². The largest absolute Gasteiger partial charge is 0.323 e. The van der Waals surface area contributed by atoms with Crippen molar-refractivity contribution in [1.82, 2.24) is 4.90 Å². The van der Waals surface area contributed by atoms with Gasteiger partial charge in [0.2, 0.25) is 0 Å². The van der Waals surface area contributed by atoms with E-state index in [1.54, 1.807) is 29.2 Å². The van der Waals surface area contributed by atoms with Crippen LogP contribution in [0.4, 0.5) is 10.5 Å².